The molecule has 0 spiro atoms. The van der Waals surface area contributed by atoms with E-state index in [1.54, 1.807) is 6.08 Å². The predicted octanol–water partition coefficient (Wildman–Crippen LogP) is 5.29. The number of rotatable bonds is 6. The molecule has 4 aliphatic rings. The molecule has 2 aromatic rings. The lowest BCUT2D eigenvalue weighted by atomic mass is 9.86. The van der Waals surface area contributed by atoms with Crippen molar-refractivity contribution >= 4 is 35.3 Å². The highest BCUT2D eigenvalue weighted by Gasteiger charge is 2.52. The van der Waals surface area contributed by atoms with Crippen LogP contribution >= 0.6 is 11.8 Å². The van der Waals surface area contributed by atoms with E-state index in [1.807, 2.05) is 71.3 Å². The number of hydrogen-bond donors (Lipinski definition) is 3. The lowest BCUT2D eigenvalue weighted by Crippen LogP contribution is -2.62. The Hall–Kier alpha value is -3.76. The van der Waals surface area contributed by atoms with Crippen molar-refractivity contribution in [3.05, 3.63) is 76.8 Å². The second kappa shape index (κ2) is 12.3. The highest BCUT2D eigenvalue weighted by atomic mass is 32.2. The van der Waals surface area contributed by atoms with Crippen molar-refractivity contribution in [1.29, 1.82) is 0 Å². The van der Waals surface area contributed by atoms with Crippen LogP contribution in [0.4, 0.5) is 10.5 Å². The third kappa shape index (κ3) is 6.37. The number of ether oxygens (including phenoxy) is 1. The lowest BCUT2D eigenvalue weighted by molar-refractivity contribution is -0.128. The van der Waals surface area contributed by atoms with E-state index in [2.05, 4.69) is 36.7 Å². The van der Waals surface area contributed by atoms with Gasteiger partial charge in [-0.05, 0) is 80.1 Å². The third-order valence-electron chi connectivity index (χ3n) is 8.55. The van der Waals surface area contributed by atoms with E-state index in [0.29, 0.717) is 29.4 Å². The van der Waals surface area contributed by atoms with Gasteiger partial charge in [0, 0.05) is 36.4 Å². The fraction of sp³-hybridized carbons (Fsp3) is 0.441. The van der Waals surface area contributed by atoms with Crippen LogP contribution in [0, 0.1) is 18.3 Å². The maximum Gasteiger partial charge on any atom is 0.326 e. The Morgan fingerprint density at radius 1 is 1.09 bits per heavy atom. The molecule has 0 saturated carbocycles. The topological polar surface area (TPSA) is 103 Å². The molecule has 3 saturated heterocycles. The molecule has 0 radical (unpaired) electrons. The van der Waals surface area contributed by atoms with Gasteiger partial charge in [-0.2, -0.15) is 0 Å². The standard InChI is InChI=1S/C34H41N5O4S/c1-21-19-24(43-23-10-6-5-7-11-23)12-13-25(21)39-26-15-17-35-32-28(26)29(37-33(39)42)30(44-32)31(41)36-22-9-8-18-38(20-22)27(40)14-16-34(2,3)4/h5-7,10-14,16,19,22,26,28,32,35H,8-9,15,17-18,20H2,1-4H3,(H,36,41)(H,37,42)/b16-14+/t22-,26?,28?,32?/m1/s1. The van der Waals surface area contributed by atoms with E-state index in [-0.39, 0.29) is 46.6 Å². The van der Waals surface area contributed by atoms with Crippen LogP contribution in [0.15, 0.2) is 71.3 Å². The third-order valence-corrected chi connectivity index (χ3v) is 9.90. The number of piperidine rings is 2. The molecule has 2 aromatic carbocycles. The van der Waals surface area contributed by atoms with E-state index in [4.69, 9.17) is 4.74 Å². The van der Waals surface area contributed by atoms with E-state index in [9.17, 15) is 14.4 Å². The van der Waals surface area contributed by atoms with Crippen LogP contribution in [0.2, 0.25) is 0 Å². The largest absolute Gasteiger partial charge is 0.457 e. The average molecular weight is 616 g/mol. The molecule has 4 aliphatic heterocycles. The number of likely N-dealkylation sites (tertiary alicyclic amines) is 1. The molecule has 6 rings (SSSR count). The quantitative estimate of drug-likeness (QED) is 0.382. The summed E-state index contributed by atoms with van der Waals surface area (Å²) in [6.45, 7) is 10.1. The number of aryl methyl sites for hydroxylation is 1. The van der Waals surface area contributed by atoms with Gasteiger partial charge < -0.3 is 25.6 Å². The van der Waals surface area contributed by atoms with Gasteiger partial charge in [0.05, 0.1) is 16.3 Å². The minimum atomic E-state index is -0.227. The molecule has 4 atom stereocenters. The van der Waals surface area contributed by atoms with Gasteiger partial charge in [0.15, 0.2) is 0 Å². The molecule has 4 amide bonds. The fourth-order valence-corrected chi connectivity index (χ4v) is 7.86. The summed E-state index contributed by atoms with van der Waals surface area (Å²) in [4.78, 5) is 44.4. The van der Waals surface area contributed by atoms with Gasteiger partial charge in [0.2, 0.25) is 5.91 Å². The second-order valence-electron chi connectivity index (χ2n) is 13.1. The Morgan fingerprint density at radius 2 is 1.89 bits per heavy atom. The number of carbonyl (C=O) groups is 3. The summed E-state index contributed by atoms with van der Waals surface area (Å²) in [5.41, 5.74) is 2.40. The molecule has 0 aromatic heterocycles. The van der Waals surface area contributed by atoms with E-state index < -0.39 is 0 Å². The Morgan fingerprint density at radius 3 is 2.64 bits per heavy atom. The van der Waals surface area contributed by atoms with Crippen LogP contribution in [-0.4, -0.2) is 59.8 Å². The average Bonchev–Trinajstić information content (AvgIpc) is 3.36. The zero-order valence-electron chi connectivity index (χ0n) is 25.8. The first-order valence-corrected chi connectivity index (χ1v) is 16.3. The number of allylic oxidation sites excluding steroid dienone is 1. The Bertz CT molecular complexity index is 1500. The minimum Gasteiger partial charge on any atom is -0.457 e. The number of urea groups is 1. The van der Waals surface area contributed by atoms with Crippen LogP contribution in [0.5, 0.6) is 11.5 Å². The SMILES string of the molecule is Cc1cc(Oc2ccccc2)ccc1N1C(=O)NC2=C(C(=O)N[C@@H]3CCCN(C(=O)/C=C/C(C)(C)C)C3)SC3NCCC1C23. The fourth-order valence-electron chi connectivity index (χ4n) is 6.46. The summed E-state index contributed by atoms with van der Waals surface area (Å²) in [5, 5.41) is 9.84. The lowest BCUT2D eigenvalue weighted by Gasteiger charge is -2.46. The number of thioether (sulfide) groups is 1. The van der Waals surface area contributed by atoms with Gasteiger partial charge in [0.25, 0.3) is 5.91 Å². The van der Waals surface area contributed by atoms with E-state index in [0.717, 1.165) is 42.8 Å². The Balaban J connectivity index is 1.17. The van der Waals surface area contributed by atoms with Gasteiger partial charge in [-0.3, -0.25) is 14.5 Å². The van der Waals surface area contributed by atoms with Crippen LogP contribution in [-0.2, 0) is 9.59 Å². The van der Waals surface area contributed by atoms with Crippen LogP contribution < -0.4 is 25.6 Å². The van der Waals surface area contributed by atoms with Crippen molar-refractivity contribution in [2.75, 3.05) is 24.5 Å². The molecule has 9 nitrogen and oxygen atoms in total. The van der Waals surface area contributed by atoms with Crippen molar-refractivity contribution < 1.29 is 19.1 Å². The summed E-state index contributed by atoms with van der Waals surface area (Å²) in [7, 11) is 0. The number of para-hydroxylation sites is 1. The molecule has 232 valence electrons. The molecule has 0 aliphatic carbocycles. The van der Waals surface area contributed by atoms with Crippen molar-refractivity contribution in [2.45, 2.75) is 64.4 Å². The van der Waals surface area contributed by atoms with Crippen molar-refractivity contribution in [3.8, 4) is 11.5 Å². The number of carbonyl (C=O) groups excluding carboxylic acids is 3. The molecule has 3 unspecified atom stereocenters. The zero-order chi connectivity index (χ0) is 31.0. The summed E-state index contributed by atoms with van der Waals surface area (Å²) in [5.74, 6) is 1.21. The highest BCUT2D eigenvalue weighted by Crippen LogP contribution is 2.48. The number of anilines is 1. The monoisotopic (exact) mass is 615 g/mol. The molecule has 0 bridgehead atoms. The summed E-state index contributed by atoms with van der Waals surface area (Å²) in [6.07, 6.45) is 5.98. The molecule has 4 heterocycles. The van der Waals surface area contributed by atoms with Gasteiger partial charge in [-0.15, -0.1) is 0 Å². The Kier molecular flexibility index (Phi) is 8.48. The predicted molar refractivity (Wildman–Crippen MR) is 173 cm³/mol. The highest BCUT2D eigenvalue weighted by molar-refractivity contribution is 8.04. The van der Waals surface area contributed by atoms with Gasteiger partial charge in [-0.1, -0.05) is 56.8 Å². The molecule has 10 heteroatoms. The van der Waals surface area contributed by atoms with E-state index >= 15 is 0 Å². The summed E-state index contributed by atoms with van der Waals surface area (Å²) >= 11 is 1.50. The van der Waals surface area contributed by atoms with Crippen LogP contribution in [0.1, 0.15) is 45.6 Å². The number of nitrogens with one attached hydrogen (secondary N) is 3. The van der Waals surface area contributed by atoms with Crippen molar-refractivity contribution in [1.82, 2.24) is 20.9 Å². The first kappa shape index (κ1) is 30.3. The van der Waals surface area contributed by atoms with Crippen LogP contribution in [0.25, 0.3) is 0 Å². The van der Waals surface area contributed by atoms with Gasteiger partial charge >= 0.3 is 6.03 Å². The van der Waals surface area contributed by atoms with Crippen molar-refractivity contribution in [3.63, 3.8) is 0 Å². The Labute approximate surface area is 263 Å². The summed E-state index contributed by atoms with van der Waals surface area (Å²) in [6, 6.07) is 15.0. The summed E-state index contributed by atoms with van der Waals surface area (Å²) < 4.78 is 6.02. The normalized spacial score (nSPS) is 25.1. The van der Waals surface area contributed by atoms with Gasteiger partial charge in [-0.25, -0.2) is 4.79 Å². The molecular weight excluding hydrogens is 574 g/mol. The minimum absolute atomic E-state index is 0.0134. The molecule has 3 N–H and O–H groups in total. The first-order chi connectivity index (χ1) is 21.1. The van der Waals surface area contributed by atoms with Gasteiger partial charge in [0.1, 0.15) is 11.5 Å². The van der Waals surface area contributed by atoms with Crippen LogP contribution in [0.3, 0.4) is 0 Å². The smallest absolute Gasteiger partial charge is 0.326 e. The maximum absolute atomic E-state index is 13.7. The number of nitrogens with zero attached hydrogens (tertiary/aromatic N) is 2. The van der Waals surface area contributed by atoms with E-state index in [1.165, 1.54) is 11.8 Å². The first-order valence-electron chi connectivity index (χ1n) is 15.4. The number of amides is 4. The zero-order valence-corrected chi connectivity index (χ0v) is 26.6. The molecule has 44 heavy (non-hydrogen) atoms. The maximum atomic E-state index is 13.7. The number of hydrogen-bond acceptors (Lipinski definition) is 6. The number of benzene rings is 2. The second-order valence-corrected chi connectivity index (χ2v) is 14.2. The van der Waals surface area contributed by atoms with Crippen molar-refractivity contribution in [2.24, 2.45) is 11.3 Å². The molecule has 3 fully saturated rings. The molecular formula is C34H41N5O4S.